The lowest BCUT2D eigenvalue weighted by Gasteiger charge is -2.17. The first-order valence-electron chi connectivity index (χ1n) is 11.4. The minimum atomic E-state index is -3.91. The Labute approximate surface area is 210 Å². The summed E-state index contributed by atoms with van der Waals surface area (Å²) in [4.78, 5) is 18.3. The summed E-state index contributed by atoms with van der Waals surface area (Å²) in [5.41, 5.74) is 4.41. The molecule has 0 amide bonds. The molecule has 0 spiro atoms. The predicted molar refractivity (Wildman–Crippen MR) is 139 cm³/mol. The standard InChI is InChI=1S/C27H29N3O5S/c1-18-9-12-25(19(2)13-18)30-26(29-24-8-6-5-7-23(24)27(30)31)15-28-36(32,33)22-11-10-20(16-34-3)21(14-22)17-35-4/h5-14,28H,15-17H2,1-4H3. The summed E-state index contributed by atoms with van der Waals surface area (Å²) in [6.45, 7) is 4.31. The lowest BCUT2D eigenvalue weighted by atomic mass is 10.1. The van der Waals surface area contributed by atoms with Gasteiger partial charge >= 0.3 is 0 Å². The largest absolute Gasteiger partial charge is 0.380 e. The summed E-state index contributed by atoms with van der Waals surface area (Å²) >= 11 is 0. The van der Waals surface area contributed by atoms with Gasteiger partial charge in [0.2, 0.25) is 10.0 Å². The highest BCUT2D eigenvalue weighted by Crippen LogP contribution is 2.20. The third kappa shape index (κ3) is 5.24. The van der Waals surface area contributed by atoms with Crippen LogP contribution in [0.15, 0.2) is 70.4 Å². The van der Waals surface area contributed by atoms with E-state index in [0.29, 0.717) is 29.0 Å². The molecule has 9 heteroatoms. The molecule has 0 atom stereocenters. The van der Waals surface area contributed by atoms with E-state index in [1.165, 1.54) is 10.6 Å². The molecule has 0 aliphatic heterocycles. The number of nitrogens with one attached hydrogen (secondary N) is 1. The molecule has 188 valence electrons. The molecule has 36 heavy (non-hydrogen) atoms. The summed E-state index contributed by atoms with van der Waals surface area (Å²) in [5.74, 6) is 0.294. The first-order chi connectivity index (χ1) is 17.2. The number of para-hydroxylation sites is 1. The van der Waals surface area contributed by atoms with Gasteiger partial charge < -0.3 is 9.47 Å². The van der Waals surface area contributed by atoms with E-state index in [1.807, 2.05) is 32.0 Å². The van der Waals surface area contributed by atoms with Gasteiger partial charge in [-0.3, -0.25) is 9.36 Å². The molecular formula is C27H29N3O5S. The molecule has 1 N–H and O–H groups in total. The fraction of sp³-hybridized carbons (Fsp3) is 0.259. The van der Waals surface area contributed by atoms with Crippen molar-refractivity contribution in [2.24, 2.45) is 0 Å². The summed E-state index contributed by atoms with van der Waals surface area (Å²) in [7, 11) is -0.787. The van der Waals surface area contributed by atoms with Crippen LogP contribution in [-0.4, -0.2) is 32.2 Å². The molecule has 4 rings (SSSR count). The van der Waals surface area contributed by atoms with E-state index in [2.05, 4.69) is 9.71 Å². The van der Waals surface area contributed by atoms with Crippen molar-refractivity contribution in [3.63, 3.8) is 0 Å². The number of fused-ring (bicyclic) bond motifs is 1. The van der Waals surface area contributed by atoms with Gasteiger partial charge in [0.15, 0.2) is 0 Å². The normalized spacial score (nSPS) is 11.8. The third-order valence-corrected chi connectivity index (χ3v) is 7.35. The molecule has 0 aliphatic carbocycles. The number of nitrogens with zero attached hydrogens (tertiary/aromatic N) is 2. The Morgan fingerprint density at radius 3 is 2.36 bits per heavy atom. The molecular weight excluding hydrogens is 478 g/mol. The topological polar surface area (TPSA) is 99.5 Å². The number of hydrogen-bond donors (Lipinski definition) is 1. The number of sulfonamides is 1. The quantitative estimate of drug-likeness (QED) is 0.370. The van der Waals surface area contributed by atoms with Gasteiger partial charge in [0.05, 0.1) is 41.2 Å². The fourth-order valence-electron chi connectivity index (χ4n) is 4.20. The molecule has 1 heterocycles. The number of hydrogen-bond acceptors (Lipinski definition) is 6. The first-order valence-corrected chi connectivity index (χ1v) is 12.9. The Morgan fingerprint density at radius 1 is 0.917 bits per heavy atom. The smallest absolute Gasteiger partial charge is 0.266 e. The van der Waals surface area contributed by atoms with Crippen LogP contribution in [0.2, 0.25) is 0 Å². The molecule has 0 radical (unpaired) electrons. The summed E-state index contributed by atoms with van der Waals surface area (Å²) in [6, 6.07) is 17.6. The van der Waals surface area contributed by atoms with Crippen LogP contribution in [-0.2, 0) is 39.3 Å². The molecule has 0 unspecified atom stereocenters. The third-order valence-electron chi connectivity index (χ3n) is 5.95. The van der Waals surface area contributed by atoms with Gasteiger partial charge in [-0.2, -0.15) is 0 Å². The van der Waals surface area contributed by atoms with Crippen molar-refractivity contribution in [1.29, 1.82) is 0 Å². The second kappa shape index (κ2) is 10.7. The SMILES string of the molecule is COCc1ccc(S(=O)(=O)NCc2nc3ccccc3c(=O)n2-c2ccc(C)cc2C)cc1COC. The van der Waals surface area contributed by atoms with Crippen molar-refractivity contribution in [3.8, 4) is 5.69 Å². The number of benzene rings is 3. The Morgan fingerprint density at radius 2 is 1.64 bits per heavy atom. The molecule has 1 aromatic heterocycles. The van der Waals surface area contributed by atoms with Crippen LogP contribution >= 0.6 is 0 Å². The molecule has 4 aromatic rings. The zero-order valence-electron chi connectivity index (χ0n) is 20.7. The van der Waals surface area contributed by atoms with Crippen LogP contribution in [0.25, 0.3) is 16.6 Å². The van der Waals surface area contributed by atoms with Gasteiger partial charge in [0.25, 0.3) is 5.56 Å². The van der Waals surface area contributed by atoms with Crippen molar-refractivity contribution >= 4 is 20.9 Å². The van der Waals surface area contributed by atoms with Crippen molar-refractivity contribution in [1.82, 2.24) is 14.3 Å². The lowest BCUT2D eigenvalue weighted by Crippen LogP contribution is -2.30. The molecule has 0 bridgehead atoms. The second-order valence-electron chi connectivity index (χ2n) is 8.60. The Hall–Kier alpha value is -3.37. The minimum absolute atomic E-state index is 0.0932. The van der Waals surface area contributed by atoms with Crippen molar-refractivity contribution in [2.75, 3.05) is 14.2 Å². The van der Waals surface area contributed by atoms with Gasteiger partial charge in [-0.15, -0.1) is 0 Å². The number of aryl methyl sites for hydroxylation is 2. The average molecular weight is 508 g/mol. The number of rotatable bonds is 9. The summed E-state index contributed by atoms with van der Waals surface area (Å²) in [6.07, 6.45) is 0. The molecule has 0 aliphatic rings. The van der Waals surface area contributed by atoms with E-state index in [-0.39, 0.29) is 23.6 Å². The van der Waals surface area contributed by atoms with E-state index in [0.717, 1.165) is 22.3 Å². The average Bonchev–Trinajstić information content (AvgIpc) is 2.85. The monoisotopic (exact) mass is 507 g/mol. The van der Waals surface area contributed by atoms with Crippen LogP contribution in [0.1, 0.15) is 28.1 Å². The van der Waals surface area contributed by atoms with Gasteiger partial charge in [-0.05, 0) is 60.9 Å². The molecule has 0 fully saturated rings. The maximum absolute atomic E-state index is 13.5. The number of ether oxygens (including phenoxy) is 2. The van der Waals surface area contributed by atoms with E-state index in [1.54, 1.807) is 50.6 Å². The van der Waals surface area contributed by atoms with Crippen LogP contribution in [0.4, 0.5) is 0 Å². The van der Waals surface area contributed by atoms with Crippen molar-refractivity contribution in [3.05, 3.63) is 99.1 Å². The highest BCUT2D eigenvalue weighted by Gasteiger charge is 2.20. The summed E-state index contributed by atoms with van der Waals surface area (Å²) < 4.78 is 41.0. The van der Waals surface area contributed by atoms with Gasteiger partial charge in [-0.1, -0.05) is 35.9 Å². The van der Waals surface area contributed by atoms with Gasteiger partial charge in [-0.25, -0.2) is 18.1 Å². The highest BCUT2D eigenvalue weighted by atomic mass is 32.2. The minimum Gasteiger partial charge on any atom is -0.380 e. The van der Waals surface area contributed by atoms with Gasteiger partial charge in [0, 0.05) is 14.2 Å². The van der Waals surface area contributed by atoms with Crippen molar-refractivity contribution in [2.45, 2.75) is 38.5 Å². The Balaban J connectivity index is 1.76. The number of aromatic nitrogens is 2. The van der Waals surface area contributed by atoms with E-state index in [4.69, 9.17) is 9.47 Å². The Kier molecular flexibility index (Phi) is 7.65. The number of methoxy groups -OCH3 is 2. The maximum Gasteiger partial charge on any atom is 0.266 e. The molecule has 0 saturated heterocycles. The highest BCUT2D eigenvalue weighted by molar-refractivity contribution is 7.89. The first kappa shape index (κ1) is 25.7. The lowest BCUT2D eigenvalue weighted by molar-refractivity contribution is 0.168. The fourth-order valence-corrected chi connectivity index (χ4v) is 5.23. The molecule has 3 aromatic carbocycles. The van der Waals surface area contributed by atoms with E-state index < -0.39 is 10.0 Å². The van der Waals surface area contributed by atoms with Crippen LogP contribution in [0.5, 0.6) is 0 Å². The van der Waals surface area contributed by atoms with E-state index in [9.17, 15) is 13.2 Å². The van der Waals surface area contributed by atoms with Crippen LogP contribution < -0.4 is 10.3 Å². The molecule has 0 saturated carbocycles. The second-order valence-corrected chi connectivity index (χ2v) is 10.4. The maximum atomic E-state index is 13.5. The predicted octanol–water partition coefficient (Wildman–Crippen LogP) is 3.77. The Bertz CT molecular complexity index is 1580. The van der Waals surface area contributed by atoms with Gasteiger partial charge in [0.1, 0.15) is 5.82 Å². The zero-order chi connectivity index (χ0) is 25.9. The van der Waals surface area contributed by atoms with Crippen LogP contribution in [0.3, 0.4) is 0 Å². The van der Waals surface area contributed by atoms with Crippen molar-refractivity contribution < 1.29 is 17.9 Å². The summed E-state index contributed by atoms with van der Waals surface area (Å²) in [5, 5.41) is 0.460. The zero-order valence-corrected chi connectivity index (χ0v) is 21.6. The van der Waals surface area contributed by atoms with Crippen LogP contribution in [0, 0.1) is 13.8 Å². The van der Waals surface area contributed by atoms with E-state index >= 15 is 0 Å². The molecule has 8 nitrogen and oxygen atoms in total.